The molecule has 0 saturated heterocycles. The number of imidazole rings is 1. The van der Waals surface area contributed by atoms with Crippen molar-refractivity contribution in [2.24, 2.45) is 0 Å². The van der Waals surface area contributed by atoms with Crippen molar-refractivity contribution in [3.63, 3.8) is 0 Å². The maximum atomic E-state index is 12.4. The van der Waals surface area contributed by atoms with Gasteiger partial charge in [0.05, 0.1) is 17.1 Å². The van der Waals surface area contributed by atoms with Crippen molar-refractivity contribution in [3.8, 4) is 5.75 Å². The lowest BCUT2D eigenvalue weighted by Gasteiger charge is -2.17. The molecule has 0 aliphatic heterocycles. The van der Waals surface area contributed by atoms with Crippen LogP contribution < -0.4 is 10.1 Å². The third kappa shape index (κ3) is 4.58. The summed E-state index contributed by atoms with van der Waals surface area (Å²) in [5.74, 6) is 2.29. The van der Waals surface area contributed by atoms with E-state index in [4.69, 9.17) is 4.74 Å². The van der Waals surface area contributed by atoms with Gasteiger partial charge in [-0.3, -0.25) is 4.79 Å². The first-order valence-corrected chi connectivity index (χ1v) is 9.98. The average Bonchev–Trinajstić information content (AvgIpc) is 3.08. The van der Waals surface area contributed by atoms with E-state index in [1.807, 2.05) is 55.5 Å². The van der Waals surface area contributed by atoms with Crippen LogP contribution in [0.4, 0.5) is 0 Å². The Morgan fingerprint density at radius 2 is 2.00 bits per heavy atom. The van der Waals surface area contributed by atoms with Crippen LogP contribution in [-0.4, -0.2) is 34.5 Å². The highest BCUT2D eigenvalue weighted by molar-refractivity contribution is 7.98. The number of thioether (sulfide) groups is 1. The minimum absolute atomic E-state index is 0.0130. The third-order valence-electron chi connectivity index (χ3n) is 4.14. The second-order valence-electron chi connectivity index (χ2n) is 6.09. The van der Waals surface area contributed by atoms with Gasteiger partial charge in [-0.15, -0.1) is 0 Å². The molecule has 1 amide bonds. The van der Waals surface area contributed by atoms with E-state index in [2.05, 4.69) is 21.5 Å². The fourth-order valence-corrected chi connectivity index (χ4v) is 3.22. The summed E-state index contributed by atoms with van der Waals surface area (Å²) in [4.78, 5) is 20.4. The first-order valence-electron chi connectivity index (χ1n) is 8.58. The quantitative estimate of drug-likeness (QED) is 0.633. The molecule has 0 bridgehead atoms. The minimum atomic E-state index is -0.164. The normalized spacial score (nSPS) is 12.1. The molecule has 0 aliphatic rings. The van der Waals surface area contributed by atoms with Crippen molar-refractivity contribution >= 4 is 28.7 Å². The van der Waals surface area contributed by atoms with Gasteiger partial charge >= 0.3 is 0 Å². The fourth-order valence-electron chi connectivity index (χ4n) is 2.75. The van der Waals surface area contributed by atoms with Gasteiger partial charge in [0, 0.05) is 0 Å². The van der Waals surface area contributed by atoms with E-state index in [0.29, 0.717) is 0 Å². The molecule has 1 heterocycles. The van der Waals surface area contributed by atoms with Gasteiger partial charge < -0.3 is 15.0 Å². The molecule has 2 N–H and O–H groups in total. The predicted molar refractivity (Wildman–Crippen MR) is 107 cm³/mol. The first kappa shape index (κ1) is 18.3. The Hall–Kier alpha value is -2.47. The van der Waals surface area contributed by atoms with Crippen LogP contribution in [0.2, 0.25) is 0 Å². The second-order valence-corrected chi connectivity index (χ2v) is 7.08. The molecule has 1 unspecified atom stereocenters. The number of hydrogen-bond donors (Lipinski definition) is 2. The molecular weight excluding hydrogens is 346 g/mol. The first-order chi connectivity index (χ1) is 12.7. The summed E-state index contributed by atoms with van der Waals surface area (Å²) in [6.45, 7) is 1.95. The number of amides is 1. The summed E-state index contributed by atoms with van der Waals surface area (Å²) in [5.41, 5.74) is 2.89. The van der Waals surface area contributed by atoms with Gasteiger partial charge in [0.2, 0.25) is 0 Å². The second kappa shape index (κ2) is 8.76. The number of ether oxygens (including phenoxy) is 1. The smallest absolute Gasteiger partial charge is 0.258 e. The number of H-pyrrole nitrogens is 1. The topological polar surface area (TPSA) is 67.0 Å². The van der Waals surface area contributed by atoms with Crippen molar-refractivity contribution < 1.29 is 9.53 Å². The van der Waals surface area contributed by atoms with Crippen molar-refractivity contribution in [2.75, 3.05) is 18.6 Å². The molecule has 0 aliphatic carbocycles. The molecule has 5 nitrogen and oxygen atoms in total. The Bertz CT molecular complexity index is 845. The van der Waals surface area contributed by atoms with Crippen LogP contribution >= 0.6 is 11.8 Å². The Labute approximate surface area is 157 Å². The molecule has 136 valence electrons. The fraction of sp³-hybridized carbons (Fsp3) is 0.300. The Kier molecular flexibility index (Phi) is 6.17. The molecule has 6 heteroatoms. The summed E-state index contributed by atoms with van der Waals surface area (Å²) >= 11 is 1.75. The van der Waals surface area contributed by atoms with Crippen molar-refractivity contribution in [1.82, 2.24) is 15.3 Å². The molecule has 2 aromatic carbocycles. The zero-order valence-corrected chi connectivity index (χ0v) is 15.8. The number of hydrogen-bond acceptors (Lipinski definition) is 4. The van der Waals surface area contributed by atoms with Crippen LogP contribution in [0.15, 0.2) is 48.5 Å². The van der Waals surface area contributed by atoms with Gasteiger partial charge in [0.1, 0.15) is 11.6 Å². The summed E-state index contributed by atoms with van der Waals surface area (Å²) in [6.07, 6.45) is 2.86. The van der Waals surface area contributed by atoms with E-state index in [1.54, 1.807) is 11.8 Å². The van der Waals surface area contributed by atoms with E-state index in [1.165, 1.54) is 0 Å². The van der Waals surface area contributed by atoms with Gasteiger partial charge in [-0.2, -0.15) is 11.8 Å². The Morgan fingerprint density at radius 3 is 2.77 bits per heavy atom. The van der Waals surface area contributed by atoms with Crippen LogP contribution in [0.1, 0.15) is 23.9 Å². The van der Waals surface area contributed by atoms with Crippen molar-refractivity contribution in [1.29, 1.82) is 0 Å². The van der Waals surface area contributed by atoms with Gasteiger partial charge in [0.25, 0.3) is 5.91 Å². The predicted octanol–water partition coefficient (Wildman–Crippen LogP) is 3.86. The molecule has 1 aromatic heterocycles. The highest BCUT2D eigenvalue weighted by Crippen LogP contribution is 2.20. The maximum absolute atomic E-state index is 12.4. The highest BCUT2D eigenvalue weighted by atomic mass is 32.2. The SMILES string of the molecule is CSCCC(NC(=O)COc1ccccc1C)c1nc2ccccc2[nH]1. The number of benzene rings is 2. The van der Waals surface area contributed by atoms with Crippen LogP contribution in [0, 0.1) is 6.92 Å². The molecule has 1 atom stereocenters. The molecule has 0 saturated carbocycles. The van der Waals surface area contributed by atoms with Crippen molar-refractivity contribution in [2.45, 2.75) is 19.4 Å². The molecular formula is C20H23N3O2S. The molecule has 26 heavy (non-hydrogen) atoms. The number of aromatic nitrogens is 2. The van der Waals surface area contributed by atoms with E-state index in [0.717, 1.165) is 40.3 Å². The maximum Gasteiger partial charge on any atom is 0.258 e. The lowest BCUT2D eigenvalue weighted by atomic mass is 10.2. The number of aromatic amines is 1. The van der Waals surface area contributed by atoms with Crippen LogP contribution in [0.25, 0.3) is 11.0 Å². The summed E-state index contributed by atoms with van der Waals surface area (Å²) < 4.78 is 5.65. The zero-order chi connectivity index (χ0) is 18.4. The number of nitrogens with zero attached hydrogens (tertiary/aromatic N) is 1. The van der Waals surface area contributed by atoms with Crippen LogP contribution in [-0.2, 0) is 4.79 Å². The molecule has 3 aromatic rings. The lowest BCUT2D eigenvalue weighted by molar-refractivity contribution is -0.123. The summed E-state index contributed by atoms with van der Waals surface area (Å²) in [7, 11) is 0. The highest BCUT2D eigenvalue weighted by Gasteiger charge is 2.18. The van der Waals surface area contributed by atoms with Gasteiger partial charge in [-0.05, 0) is 49.1 Å². The summed E-state index contributed by atoms with van der Waals surface area (Å²) in [6, 6.07) is 15.4. The van der Waals surface area contributed by atoms with Crippen LogP contribution in [0.5, 0.6) is 5.75 Å². The van der Waals surface area contributed by atoms with Gasteiger partial charge in [-0.25, -0.2) is 4.98 Å². The summed E-state index contributed by atoms with van der Waals surface area (Å²) in [5, 5.41) is 3.05. The lowest BCUT2D eigenvalue weighted by Crippen LogP contribution is -2.33. The van der Waals surface area contributed by atoms with Crippen molar-refractivity contribution in [3.05, 3.63) is 59.9 Å². The molecule has 3 rings (SSSR count). The Balaban J connectivity index is 1.67. The molecule has 0 radical (unpaired) electrons. The molecule has 0 spiro atoms. The zero-order valence-electron chi connectivity index (χ0n) is 15.0. The third-order valence-corrected chi connectivity index (χ3v) is 4.78. The van der Waals surface area contributed by atoms with Gasteiger partial charge in [0.15, 0.2) is 6.61 Å². The van der Waals surface area contributed by atoms with E-state index in [-0.39, 0.29) is 18.6 Å². The standard InChI is InChI=1S/C20H23N3O2S/c1-14-7-3-6-10-18(14)25-13-19(24)21-17(11-12-26-2)20-22-15-8-4-5-9-16(15)23-20/h3-10,17H,11-13H2,1-2H3,(H,21,24)(H,22,23). The van der Waals surface area contributed by atoms with Crippen LogP contribution in [0.3, 0.4) is 0 Å². The Morgan fingerprint density at radius 1 is 1.23 bits per heavy atom. The largest absolute Gasteiger partial charge is 0.484 e. The van der Waals surface area contributed by atoms with E-state index >= 15 is 0 Å². The average molecular weight is 369 g/mol. The number of nitrogens with one attached hydrogen (secondary N) is 2. The number of fused-ring (bicyclic) bond motifs is 1. The number of carbonyl (C=O) groups is 1. The number of rotatable bonds is 8. The monoisotopic (exact) mass is 369 g/mol. The van der Waals surface area contributed by atoms with E-state index < -0.39 is 0 Å². The molecule has 0 fully saturated rings. The van der Waals surface area contributed by atoms with Gasteiger partial charge in [-0.1, -0.05) is 30.3 Å². The number of aryl methyl sites for hydroxylation is 1. The van der Waals surface area contributed by atoms with E-state index in [9.17, 15) is 4.79 Å². The number of para-hydroxylation sites is 3. The number of carbonyl (C=O) groups excluding carboxylic acids is 1. The minimum Gasteiger partial charge on any atom is -0.484 e.